The summed E-state index contributed by atoms with van der Waals surface area (Å²) in [7, 11) is 0. The van der Waals surface area contributed by atoms with Gasteiger partial charge in [-0.05, 0) is 63.8 Å². The maximum Gasteiger partial charge on any atom is 0.267 e. The SMILES string of the molecule is [2H]c1c([2H])c([2H])c2c(c1[2H])c(O)c(C(=O)N([2H])CCCN1CCC(C)CC1)c(=O)n2C([2H])([2H])C([2H])([2H])[2H]. The number of aryl methyl sites for hydroxylation is 1. The molecule has 1 aliphatic rings. The fraction of sp³-hybridized carbons (Fsp3) is 0.524. The molecular formula is C21H29N3O3. The zero-order valence-electron chi connectivity index (χ0n) is 25.1. The number of carbonyl (C=O) groups excluding carboxylic acids is 1. The molecule has 0 aliphatic carbocycles. The second-order valence-corrected chi connectivity index (χ2v) is 6.76. The van der Waals surface area contributed by atoms with Gasteiger partial charge in [-0.2, -0.15) is 0 Å². The Morgan fingerprint density at radius 2 is 2.19 bits per heavy atom. The van der Waals surface area contributed by atoms with E-state index in [9.17, 15) is 14.7 Å². The van der Waals surface area contributed by atoms with Gasteiger partial charge in [0.15, 0.2) is 1.41 Å². The van der Waals surface area contributed by atoms with E-state index < -0.39 is 71.2 Å². The molecule has 0 unspecified atom stereocenters. The summed E-state index contributed by atoms with van der Waals surface area (Å²) in [5.41, 5.74) is -3.67. The van der Waals surface area contributed by atoms with E-state index in [1.807, 2.05) is 0 Å². The number of para-hydroxylation sites is 1. The molecule has 0 atom stereocenters. The topological polar surface area (TPSA) is 74.6 Å². The van der Waals surface area contributed by atoms with Crippen LogP contribution in [0.4, 0.5) is 0 Å². The number of carbonyl (C=O) groups is 1. The van der Waals surface area contributed by atoms with E-state index in [1.54, 1.807) is 0 Å². The molecule has 1 saturated heterocycles. The summed E-state index contributed by atoms with van der Waals surface area (Å²) in [6, 6.07) is -3.59. The van der Waals surface area contributed by atoms with Crippen LogP contribution in [-0.2, 0) is 6.50 Å². The van der Waals surface area contributed by atoms with Crippen molar-refractivity contribution in [3.8, 4) is 5.75 Å². The molecule has 146 valence electrons. The largest absolute Gasteiger partial charge is 0.506 e. The number of hydrogen-bond donors (Lipinski definition) is 2. The average Bonchev–Trinajstić information content (AvgIpc) is 2.81. The fourth-order valence-corrected chi connectivity index (χ4v) is 3.22. The Morgan fingerprint density at radius 1 is 1.44 bits per heavy atom. The molecule has 3 rings (SSSR count). The van der Waals surface area contributed by atoms with Crippen molar-refractivity contribution in [2.24, 2.45) is 5.92 Å². The summed E-state index contributed by atoms with van der Waals surface area (Å²) in [5, 5.41) is 10.5. The van der Waals surface area contributed by atoms with Gasteiger partial charge in [0.1, 0.15) is 11.3 Å². The van der Waals surface area contributed by atoms with Gasteiger partial charge in [0, 0.05) is 25.3 Å². The van der Waals surface area contributed by atoms with E-state index in [1.165, 1.54) is 0 Å². The number of pyridine rings is 1. The van der Waals surface area contributed by atoms with Gasteiger partial charge in [0.2, 0.25) is 0 Å². The van der Waals surface area contributed by atoms with Crippen LogP contribution in [-0.4, -0.2) is 46.7 Å². The van der Waals surface area contributed by atoms with Crippen molar-refractivity contribution in [1.82, 2.24) is 14.8 Å². The molecule has 0 bridgehead atoms. The van der Waals surface area contributed by atoms with Crippen LogP contribution < -0.4 is 10.9 Å². The van der Waals surface area contributed by atoms with Crippen molar-refractivity contribution in [2.75, 3.05) is 26.2 Å². The van der Waals surface area contributed by atoms with E-state index in [4.69, 9.17) is 13.7 Å². The van der Waals surface area contributed by atoms with Gasteiger partial charge in [-0.25, -0.2) is 0 Å². The smallest absolute Gasteiger partial charge is 0.267 e. The first-order valence-corrected chi connectivity index (χ1v) is 8.94. The average molecular weight is 382 g/mol. The van der Waals surface area contributed by atoms with Gasteiger partial charge < -0.3 is 19.9 Å². The lowest BCUT2D eigenvalue weighted by atomic mass is 9.99. The number of amides is 1. The predicted octanol–water partition coefficient (Wildman–Crippen LogP) is 2.58. The first kappa shape index (κ1) is 10.3. The van der Waals surface area contributed by atoms with Crippen molar-refractivity contribution >= 4 is 16.8 Å². The van der Waals surface area contributed by atoms with E-state index in [0.29, 0.717) is 24.2 Å². The molecule has 6 heteroatoms. The molecule has 0 saturated carbocycles. The van der Waals surface area contributed by atoms with Crippen molar-refractivity contribution in [1.29, 1.82) is 0 Å². The molecule has 27 heavy (non-hydrogen) atoms. The van der Waals surface area contributed by atoms with Crippen LogP contribution in [0.5, 0.6) is 5.75 Å². The van der Waals surface area contributed by atoms with Gasteiger partial charge >= 0.3 is 0 Å². The number of fused-ring (bicyclic) bond motifs is 1. The Labute approximate surface area is 173 Å². The highest BCUT2D eigenvalue weighted by Crippen LogP contribution is 2.26. The lowest BCUT2D eigenvalue weighted by molar-refractivity contribution is 0.0946. The van der Waals surface area contributed by atoms with E-state index in [0.717, 1.165) is 25.9 Å². The number of nitrogens with zero attached hydrogens (tertiary/aromatic N) is 2. The number of rotatable bonds is 6. The van der Waals surface area contributed by atoms with Crippen LogP contribution in [0.15, 0.2) is 29.0 Å². The van der Waals surface area contributed by atoms with E-state index in [-0.39, 0.29) is 11.1 Å². The number of likely N-dealkylation sites (tertiary alicyclic amines) is 1. The minimum absolute atomic E-state index is 0.0388. The van der Waals surface area contributed by atoms with Crippen molar-refractivity contribution in [2.45, 2.75) is 39.5 Å². The standard InChI is InChI=1S/C21H29N3O3/c1-3-24-17-8-5-4-7-16(17)19(25)18(21(24)27)20(26)22-11-6-12-23-13-9-15(2)10-14-23/h4-5,7-8,15,25H,3,6,9-14H2,1-2H3,(H,22,26)/i1D3,3D2,4D,5D,7D,8D/hD. The molecular weight excluding hydrogens is 342 g/mol. The molecule has 0 spiro atoms. The number of aromatic nitrogens is 1. The van der Waals surface area contributed by atoms with Crippen molar-refractivity contribution in [3.63, 3.8) is 0 Å². The minimum Gasteiger partial charge on any atom is -0.506 e. The Morgan fingerprint density at radius 3 is 2.93 bits per heavy atom. The zero-order chi connectivity index (χ0) is 28.0. The van der Waals surface area contributed by atoms with Crippen LogP contribution >= 0.6 is 0 Å². The first-order chi connectivity index (χ1) is 17.0. The molecule has 1 aromatic carbocycles. The Hall–Kier alpha value is -2.34. The monoisotopic (exact) mass is 381 g/mol. The molecule has 0 radical (unpaired) electrons. The fourth-order valence-electron chi connectivity index (χ4n) is 3.22. The lowest BCUT2D eigenvalue weighted by Crippen LogP contribution is -2.37. The minimum atomic E-state index is -3.53. The number of nitrogens with one attached hydrogen (secondary N) is 1. The highest BCUT2D eigenvalue weighted by molar-refractivity contribution is 6.02. The molecule has 2 aromatic rings. The zero-order valence-corrected chi connectivity index (χ0v) is 15.1. The number of hydrogen-bond acceptors (Lipinski definition) is 4. The molecule has 1 aliphatic heterocycles. The third-order valence-electron chi connectivity index (χ3n) is 4.87. The highest BCUT2D eigenvalue weighted by atomic mass is 16.3. The van der Waals surface area contributed by atoms with Gasteiger partial charge in [-0.3, -0.25) is 9.59 Å². The number of aromatic hydroxyl groups is 1. The summed E-state index contributed by atoms with van der Waals surface area (Å²) in [6.07, 6.45) is 2.43. The molecule has 1 fully saturated rings. The van der Waals surface area contributed by atoms with Crippen LogP contribution in [0.1, 0.15) is 55.7 Å². The summed E-state index contributed by atoms with van der Waals surface area (Å²) >= 11 is 0. The highest BCUT2D eigenvalue weighted by Gasteiger charge is 2.21. The molecule has 1 aromatic heterocycles. The maximum atomic E-state index is 13.4. The Bertz CT molecular complexity index is 1270. The van der Waals surface area contributed by atoms with Gasteiger partial charge in [-0.1, -0.05) is 19.0 Å². The summed E-state index contributed by atoms with van der Waals surface area (Å²) in [5.74, 6) is -1.89. The Kier molecular flexibility index (Phi) is 3.26. The molecule has 2 heterocycles. The maximum absolute atomic E-state index is 13.4. The summed E-state index contributed by atoms with van der Waals surface area (Å²) < 4.78 is 79.2. The van der Waals surface area contributed by atoms with Crippen LogP contribution in [0.2, 0.25) is 1.41 Å². The third-order valence-corrected chi connectivity index (χ3v) is 4.87. The van der Waals surface area contributed by atoms with E-state index in [2.05, 4.69) is 11.8 Å². The second-order valence-electron chi connectivity index (χ2n) is 6.76. The van der Waals surface area contributed by atoms with Gasteiger partial charge in [-0.15, -0.1) is 0 Å². The number of benzene rings is 1. The van der Waals surface area contributed by atoms with Crippen LogP contribution in [0, 0.1) is 5.92 Å². The van der Waals surface area contributed by atoms with E-state index >= 15 is 0 Å². The second kappa shape index (κ2) is 8.57. The van der Waals surface area contributed by atoms with Gasteiger partial charge in [0.05, 0.1) is 11.0 Å². The third kappa shape index (κ3) is 4.16. The Balaban J connectivity index is 2.12. The van der Waals surface area contributed by atoms with Crippen molar-refractivity contribution in [3.05, 3.63) is 40.1 Å². The summed E-state index contributed by atoms with van der Waals surface area (Å²) in [6.45, 7) is -2.67. The molecule has 1 amide bonds. The predicted molar refractivity (Wildman–Crippen MR) is 107 cm³/mol. The van der Waals surface area contributed by atoms with Gasteiger partial charge in [0.25, 0.3) is 11.5 Å². The van der Waals surface area contributed by atoms with Crippen LogP contribution in [0.25, 0.3) is 10.9 Å². The molecule has 6 nitrogen and oxygen atoms in total. The van der Waals surface area contributed by atoms with Crippen molar-refractivity contribution < 1.29 is 23.6 Å². The summed E-state index contributed by atoms with van der Waals surface area (Å²) in [4.78, 5) is 28.7. The van der Waals surface area contributed by atoms with Crippen LogP contribution in [0.3, 0.4) is 0 Å². The normalized spacial score (nSPS) is 22.3. The first-order valence-electron chi connectivity index (χ1n) is 13.9. The molecule has 2 N–H and O–H groups in total. The quantitative estimate of drug-likeness (QED) is 0.806. The number of piperidine rings is 1. The lowest BCUT2D eigenvalue weighted by Gasteiger charge is -2.30.